The van der Waals surface area contributed by atoms with Crippen LogP contribution in [0.5, 0.6) is 5.75 Å². The molecule has 0 saturated carbocycles. The summed E-state index contributed by atoms with van der Waals surface area (Å²) < 4.78 is 24.5. The summed E-state index contributed by atoms with van der Waals surface area (Å²) in [5.41, 5.74) is 4.03. The van der Waals surface area contributed by atoms with Gasteiger partial charge in [0.1, 0.15) is 17.3 Å². The number of aromatic nitrogens is 2. The van der Waals surface area contributed by atoms with Gasteiger partial charge in [0.15, 0.2) is 6.79 Å². The highest BCUT2D eigenvalue weighted by Crippen LogP contribution is 2.43. The second kappa shape index (κ2) is 5.73. The first kappa shape index (κ1) is 13.9. The molecule has 1 aliphatic heterocycles. The summed E-state index contributed by atoms with van der Waals surface area (Å²) in [6.45, 7) is 2.79. The number of aromatic amines is 1. The number of hydrogen-bond acceptors (Lipinski definition) is 4. The zero-order valence-electron chi connectivity index (χ0n) is 12.1. The molecule has 0 aliphatic carbocycles. The Kier molecular flexibility index (Phi) is 3.79. The van der Waals surface area contributed by atoms with Gasteiger partial charge in [-0.25, -0.2) is 4.39 Å². The summed E-state index contributed by atoms with van der Waals surface area (Å²) in [6, 6.07) is 3.00. The van der Waals surface area contributed by atoms with E-state index in [2.05, 4.69) is 22.4 Å². The van der Waals surface area contributed by atoms with Crippen LogP contribution < -0.4 is 10.1 Å². The lowest BCUT2D eigenvalue weighted by atomic mass is 9.97. The fraction of sp³-hybridized carbons (Fsp3) is 0.400. The number of halogens is 1. The standard InChI is InChI=1S/C15H18FN3O2/c1-3-4-11-9-7-17-15-10(16)5-6-12(21-8-20-2)13(15)14(9)19-18-11/h5-6,17H,3-4,7-8H2,1-2H3,(H,18,19). The van der Waals surface area contributed by atoms with Crippen LogP contribution in [0, 0.1) is 5.82 Å². The second-order valence-electron chi connectivity index (χ2n) is 4.98. The zero-order chi connectivity index (χ0) is 14.8. The molecule has 0 bridgehead atoms. The molecule has 112 valence electrons. The Balaban J connectivity index is 2.10. The third-order valence-corrected chi connectivity index (χ3v) is 3.58. The number of ether oxygens (including phenoxy) is 2. The summed E-state index contributed by atoms with van der Waals surface area (Å²) in [7, 11) is 1.55. The van der Waals surface area contributed by atoms with E-state index in [1.807, 2.05) is 0 Å². The summed E-state index contributed by atoms with van der Waals surface area (Å²) in [6.07, 6.45) is 1.95. The van der Waals surface area contributed by atoms with E-state index in [0.717, 1.165) is 29.8 Å². The SMILES string of the molecule is CCCc1[nH]nc2c1CNc1c(F)ccc(OCOC)c1-2. The van der Waals surface area contributed by atoms with Crippen LogP contribution in [0.1, 0.15) is 24.6 Å². The molecule has 1 aliphatic rings. The topological polar surface area (TPSA) is 59.2 Å². The van der Waals surface area contributed by atoms with Crippen LogP contribution >= 0.6 is 0 Å². The number of methoxy groups -OCH3 is 1. The number of nitrogens with zero attached hydrogens (tertiary/aromatic N) is 1. The Hall–Kier alpha value is -2.08. The number of hydrogen-bond donors (Lipinski definition) is 2. The van der Waals surface area contributed by atoms with Crippen molar-refractivity contribution in [1.82, 2.24) is 10.2 Å². The van der Waals surface area contributed by atoms with Gasteiger partial charge in [-0.2, -0.15) is 5.10 Å². The minimum Gasteiger partial charge on any atom is -0.467 e. The van der Waals surface area contributed by atoms with Crippen LogP contribution in [0.4, 0.5) is 10.1 Å². The molecule has 1 aromatic carbocycles. The van der Waals surface area contributed by atoms with Gasteiger partial charge in [0.2, 0.25) is 0 Å². The fourth-order valence-corrected chi connectivity index (χ4v) is 2.64. The Labute approximate surface area is 122 Å². The molecule has 0 amide bonds. The quantitative estimate of drug-likeness (QED) is 0.831. The molecule has 3 rings (SSSR count). The highest BCUT2D eigenvalue weighted by molar-refractivity contribution is 5.86. The molecule has 0 radical (unpaired) electrons. The largest absolute Gasteiger partial charge is 0.467 e. The highest BCUT2D eigenvalue weighted by atomic mass is 19.1. The molecule has 2 N–H and O–H groups in total. The monoisotopic (exact) mass is 291 g/mol. The van der Waals surface area contributed by atoms with E-state index < -0.39 is 0 Å². The van der Waals surface area contributed by atoms with E-state index in [1.54, 1.807) is 13.2 Å². The van der Waals surface area contributed by atoms with E-state index in [1.165, 1.54) is 6.07 Å². The maximum Gasteiger partial charge on any atom is 0.188 e. The summed E-state index contributed by atoms with van der Waals surface area (Å²) in [5, 5.41) is 10.6. The Morgan fingerprint density at radius 1 is 1.38 bits per heavy atom. The molecule has 2 aromatic rings. The van der Waals surface area contributed by atoms with Crippen molar-refractivity contribution in [1.29, 1.82) is 0 Å². The van der Waals surface area contributed by atoms with Crippen molar-refractivity contribution < 1.29 is 13.9 Å². The number of nitrogens with one attached hydrogen (secondary N) is 2. The average molecular weight is 291 g/mol. The molecule has 1 aromatic heterocycles. The van der Waals surface area contributed by atoms with Crippen LogP contribution in [0.3, 0.4) is 0 Å². The van der Waals surface area contributed by atoms with Gasteiger partial charge in [0, 0.05) is 24.9 Å². The predicted molar refractivity (Wildman–Crippen MR) is 77.8 cm³/mol. The Morgan fingerprint density at radius 2 is 2.24 bits per heavy atom. The third-order valence-electron chi connectivity index (χ3n) is 3.58. The first-order valence-corrected chi connectivity index (χ1v) is 7.00. The molecular weight excluding hydrogens is 273 g/mol. The van der Waals surface area contributed by atoms with Crippen molar-refractivity contribution in [3.05, 3.63) is 29.2 Å². The van der Waals surface area contributed by atoms with Crippen molar-refractivity contribution in [3.63, 3.8) is 0 Å². The normalized spacial score (nSPS) is 12.5. The maximum atomic E-state index is 14.0. The van der Waals surface area contributed by atoms with E-state index in [4.69, 9.17) is 9.47 Å². The molecule has 0 fully saturated rings. The number of fused-ring (bicyclic) bond motifs is 3. The first-order chi connectivity index (χ1) is 10.3. The van der Waals surface area contributed by atoms with Gasteiger partial charge in [-0.1, -0.05) is 13.3 Å². The van der Waals surface area contributed by atoms with Crippen molar-refractivity contribution in [2.75, 3.05) is 19.2 Å². The van der Waals surface area contributed by atoms with Crippen LogP contribution in [0.25, 0.3) is 11.3 Å². The van der Waals surface area contributed by atoms with Gasteiger partial charge in [0.05, 0.1) is 11.3 Å². The van der Waals surface area contributed by atoms with Crippen molar-refractivity contribution >= 4 is 5.69 Å². The van der Waals surface area contributed by atoms with Crippen molar-refractivity contribution in [2.24, 2.45) is 0 Å². The van der Waals surface area contributed by atoms with E-state index in [0.29, 0.717) is 23.5 Å². The van der Waals surface area contributed by atoms with Gasteiger partial charge >= 0.3 is 0 Å². The lowest BCUT2D eigenvalue weighted by Gasteiger charge is -2.21. The molecule has 2 heterocycles. The molecule has 21 heavy (non-hydrogen) atoms. The second-order valence-corrected chi connectivity index (χ2v) is 4.98. The number of rotatable bonds is 5. The van der Waals surface area contributed by atoms with E-state index >= 15 is 0 Å². The molecule has 0 spiro atoms. The number of aryl methyl sites for hydroxylation is 1. The van der Waals surface area contributed by atoms with Gasteiger partial charge in [-0.05, 0) is 18.6 Å². The number of anilines is 1. The third kappa shape index (κ3) is 2.35. The summed E-state index contributed by atoms with van der Waals surface area (Å²) >= 11 is 0. The lowest BCUT2D eigenvalue weighted by Crippen LogP contribution is -2.12. The van der Waals surface area contributed by atoms with Gasteiger partial charge in [-0.3, -0.25) is 5.10 Å². The van der Waals surface area contributed by atoms with Crippen LogP contribution in [-0.4, -0.2) is 24.1 Å². The first-order valence-electron chi connectivity index (χ1n) is 7.00. The Bertz CT molecular complexity index is 655. The smallest absolute Gasteiger partial charge is 0.188 e. The van der Waals surface area contributed by atoms with Gasteiger partial charge in [0.25, 0.3) is 0 Å². The van der Waals surface area contributed by atoms with E-state index in [9.17, 15) is 4.39 Å². The van der Waals surface area contributed by atoms with Crippen LogP contribution in [0.2, 0.25) is 0 Å². The highest BCUT2D eigenvalue weighted by Gasteiger charge is 2.27. The average Bonchev–Trinajstić information content (AvgIpc) is 2.90. The Morgan fingerprint density at radius 3 is 3.00 bits per heavy atom. The van der Waals surface area contributed by atoms with Crippen molar-refractivity contribution in [3.8, 4) is 17.0 Å². The van der Waals surface area contributed by atoms with E-state index in [-0.39, 0.29) is 12.6 Å². The number of benzene rings is 1. The van der Waals surface area contributed by atoms with Crippen LogP contribution in [-0.2, 0) is 17.7 Å². The molecule has 5 nitrogen and oxygen atoms in total. The minimum absolute atomic E-state index is 0.111. The zero-order valence-corrected chi connectivity index (χ0v) is 12.1. The lowest BCUT2D eigenvalue weighted by molar-refractivity contribution is 0.0515. The maximum absolute atomic E-state index is 14.0. The molecule has 0 saturated heterocycles. The molecule has 0 unspecified atom stereocenters. The molecular formula is C15H18FN3O2. The molecule has 6 heteroatoms. The van der Waals surface area contributed by atoms with Crippen LogP contribution in [0.15, 0.2) is 12.1 Å². The predicted octanol–water partition coefficient (Wildman–Crippen LogP) is 3.08. The summed E-state index contributed by atoms with van der Waals surface area (Å²) in [5.74, 6) is 0.261. The minimum atomic E-state index is -0.305. The summed E-state index contributed by atoms with van der Waals surface area (Å²) in [4.78, 5) is 0. The van der Waals surface area contributed by atoms with Crippen molar-refractivity contribution in [2.45, 2.75) is 26.3 Å². The molecule has 0 atom stereocenters. The fourth-order valence-electron chi connectivity index (χ4n) is 2.64. The van der Waals surface area contributed by atoms with Gasteiger partial charge < -0.3 is 14.8 Å². The number of H-pyrrole nitrogens is 1. The van der Waals surface area contributed by atoms with Gasteiger partial charge in [-0.15, -0.1) is 0 Å².